The van der Waals surface area contributed by atoms with E-state index in [0.717, 1.165) is 24.5 Å². The van der Waals surface area contributed by atoms with E-state index >= 15 is 0 Å². The first kappa shape index (κ1) is 15.8. The van der Waals surface area contributed by atoms with E-state index in [2.05, 4.69) is 32.2 Å². The molecule has 1 aromatic rings. The summed E-state index contributed by atoms with van der Waals surface area (Å²) >= 11 is 0. The SMILES string of the molecule is CNCC(Cc1c(C)cc(OC)cc1OC)C(C)C. The van der Waals surface area contributed by atoms with E-state index in [1.807, 2.05) is 13.1 Å². The van der Waals surface area contributed by atoms with E-state index in [4.69, 9.17) is 9.47 Å². The molecule has 108 valence electrons. The molecule has 19 heavy (non-hydrogen) atoms. The molecule has 0 spiro atoms. The molecule has 0 radical (unpaired) electrons. The van der Waals surface area contributed by atoms with Gasteiger partial charge in [-0.3, -0.25) is 0 Å². The van der Waals surface area contributed by atoms with E-state index in [1.54, 1.807) is 14.2 Å². The van der Waals surface area contributed by atoms with Crippen molar-refractivity contribution in [1.82, 2.24) is 5.32 Å². The predicted octanol–water partition coefficient (Wildman–Crippen LogP) is 3.05. The molecule has 0 bridgehead atoms. The van der Waals surface area contributed by atoms with Crippen molar-refractivity contribution < 1.29 is 9.47 Å². The Balaban J connectivity index is 3.04. The van der Waals surface area contributed by atoms with Gasteiger partial charge in [-0.25, -0.2) is 0 Å². The lowest BCUT2D eigenvalue weighted by atomic mass is 9.87. The van der Waals surface area contributed by atoms with E-state index in [0.29, 0.717) is 11.8 Å². The summed E-state index contributed by atoms with van der Waals surface area (Å²) in [6.45, 7) is 7.68. The number of nitrogens with one attached hydrogen (secondary N) is 1. The van der Waals surface area contributed by atoms with Crippen LogP contribution in [0.1, 0.15) is 25.0 Å². The molecule has 3 heteroatoms. The van der Waals surface area contributed by atoms with E-state index in [9.17, 15) is 0 Å². The van der Waals surface area contributed by atoms with Crippen LogP contribution in [0, 0.1) is 18.8 Å². The first-order valence-electron chi connectivity index (χ1n) is 6.89. The zero-order valence-corrected chi connectivity index (χ0v) is 13.0. The van der Waals surface area contributed by atoms with Crippen LogP contribution in [0.15, 0.2) is 12.1 Å². The summed E-state index contributed by atoms with van der Waals surface area (Å²) < 4.78 is 10.8. The predicted molar refractivity (Wildman–Crippen MR) is 80.2 cm³/mol. The lowest BCUT2D eigenvalue weighted by molar-refractivity contribution is 0.354. The van der Waals surface area contributed by atoms with Crippen LogP contribution in [0.5, 0.6) is 11.5 Å². The maximum atomic E-state index is 5.53. The molecule has 0 aliphatic carbocycles. The minimum Gasteiger partial charge on any atom is -0.497 e. The van der Waals surface area contributed by atoms with Crippen LogP contribution in [0.25, 0.3) is 0 Å². The Bertz CT molecular complexity index is 402. The van der Waals surface area contributed by atoms with Gasteiger partial charge in [-0.15, -0.1) is 0 Å². The minimum absolute atomic E-state index is 0.603. The van der Waals surface area contributed by atoms with Crippen molar-refractivity contribution in [3.05, 3.63) is 23.3 Å². The Kier molecular flexibility index (Phi) is 6.16. The van der Waals surface area contributed by atoms with Crippen LogP contribution >= 0.6 is 0 Å². The van der Waals surface area contributed by atoms with E-state index in [-0.39, 0.29) is 0 Å². The van der Waals surface area contributed by atoms with Gasteiger partial charge in [0.05, 0.1) is 14.2 Å². The molecule has 0 heterocycles. The first-order chi connectivity index (χ1) is 9.03. The van der Waals surface area contributed by atoms with Gasteiger partial charge in [-0.1, -0.05) is 13.8 Å². The Hall–Kier alpha value is -1.22. The largest absolute Gasteiger partial charge is 0.497 e. The summed E-state index contributed by atoms with van der Waals surface area (Å²) in [5, 5.41) is 3.28. The highest BCUT2D eigenvalue weighted by molar-refractivity contribution is 5.46. The molecule has 3 nitrogen and oxygen atoms in total. The van der Waals surface area contributed by atoms with Gasteiger partial charge in [0.2, 0.25) is 0 Å². The molecule has 0 saturated heterocycles. The van der Waals surface area contributed by atoms with Gasteiger partial charge < -0.3 is 14.8 Å². The molecule has 1 aromatic carbocycles. The lowest BCUT2D eigenvalue weighted by Crippen LogP contribution is -2.25. The van der Waals surface area contributed by atoms with E-state index < -0.39 is 0 Å². The van der Waals surface area contributed by atoms with Crippen molar-refractivity contribution in [3.8, 4) is 11.5 Å². The number of hydrogen-bond acceptors (Lipinski definition) is 3. The Labute approximate surface area is 117 Å². The second-order valence-corrected chi connectivity index (χ2v) is 5.39. The fourth-order valence-electron chi connectivity index (χ4n) is 2.38. The van der Waals surface area contributed by atoms with Crippen molar-refractivity contribution in [2.45, 2.75) is 27.2 Å². The summed E-state index contributed by atoms with van der Waals surface area (Å²) in [5.74, 6) is 3.02. The number of rotatable bonds is 7. The zero-order chi connectivity index (χ0) is 14.4. The maximum Gasteiger partial charge on any atom is 0.126 e. The fraction of sp³-hybridized carbons (Fsp3) is 0.625. The molecule has 0 aromatic heterocycles. The van der Waals surface area contributed by atoms with Crippen molar-refractivity contribution >= 4 is 0 Å². The second-order valence-electron chi connectivity index (χ2n) is 5.39. The molecule has 1 unspecified atom stereocenters. The maximum absolute atomic E-state index is 5.53. The summed E-state index contributed by atoms with van der Waals surface area (Å²) in [4.78, 5) is 0. The minimum atomic E-state index is 0.603. The molecule has 1 N–H and O–H groups in total. The van der Waals surface area contributed by atoms with Gasteiger partial charge in [0.1, 0.15) is 11.5 Å². The average molecular weight is 265 g/mol. The van der Waals surface area contributed by atoms with Gasteiger partial charge in [-0.2, -0.15) is 0 Å². The van der Waals surface area contributed by atoms with E-state index in [1.165, 1.54) is 11.1 Å². The molecule has 0 aliphatic rings. The van der Waals surface area contributed by atoms with Crippen LogP contribution in [0.2, 0.25) is 0 Å². The molecular weight excluding hydrogens is 238 g/mol. The van der Waals surface area contributed by atoms with Crippen molar-refractivity contribution in [2.75, 3.05) is 27.8 Å². The normalized spacial score (nSPS) is 12.6. The molecule has 0 saturated carbocycles. The third-order valence-corrected chi connectivity index (χ3v) is 3.74. The first-order valence-corrected chi connectivity index (χ1v) is 6.89. The number of methoxy groups -OCH3 is 2. The summed E-state index contributed by atoms with van der Waals surface area (Å²) in [6.07, 6.45) is 1.03. The Morgan fingerprint density at radius 1 is 1.16 bits per heavy atom. The van der Waals surface area contributed by atoms with Crippen molar-refractivity contribution in [3.63, 3.8) is 0 Å². The highest BCUT2D eigenvalue weighted by Gasteiger charge is 2.18. The quantitative estimate of drug-likeness (QED) is 0.822. The summed E-state index contributed by atoms with van der Waals surface area (Å²) in [5.41, 5.74) is 2.52. The van der Waals surface area contributed by atoms with Gasteiger partial charge in [0, 0.05) is 6.07 Å². The van der Waals surface area contributed by atoms with Crippen LogP contribution in [-0.4, -0.2) is 27.8 Å². The average Bonchev–Trinajstić information content (AvgIpc) is 2.39. The van der Waals surface area contributed by atoms with Gasteiger partial charge in [0.15, 0.2) is 0 Å². The number of hydrogen-bond donors (Lipinski definition) is 1. The Morgan fingerprint density at radius 3 is 2.32 bits per heavy atom. The van der Waals surface area contributed by atoms with Gasteiger partial charge >= 0.3 is 0 Å². The monoisotopic (exact) mass is 265 g/mol. The Morgan fingerprint density at radius 2 is 1.84 bits per heavy atom. The molecule has 1 atom stereocenters. The second kappa shape index (κ2) is 7.39. The van der Waals surface area contributed by atoms with Crippen LogP contribution in [0.3, 0.4) is 0 Å². The third-order valence-electron chi connectivity index (χ3n) is 3.74. The number of ether oxygens (including phenoxy) is 2. The van der Waals surface area contributed by atoms with Gasteiger partial charge in [0.25, 0.3) is 0 Å². The number of benzene rings is 1. The van der Waals surface area contributed by atoms with Gasteiger partial charge in [-0.05, 0) is 56.0 Å². The lowest BCUT2D eigenvalue weighted by Gasteiger charge is -2.23. The van der Waals surface area contributed by atoms with Crippen molar-refractivity contribution in [1.29, 1.82) is 0 Å². The topological polar surface area (TPSA) is 30.5 Å². The molecule has 0 fully saturated rings. The highest BCUT2D eigenvalue weighted by Crippen LogP contribution is 2.31. The molecular formula is C16H27NO2. The van der Waals surface area contributed by atoms with Crippen molar-refractivity contribution in [2.24, 2.45) is 11.8 Å². The highest BCUT2D eigenvalue weighted by atomic mass is 16.5. The third kappa shape index (κ3) is 4.13. The molecule has 1 rings (SSSR count). The summed E-state index contributed by atoms with van der Waals surface area (Å²) in [6, 6.07) is 4.05. The zero-order valence-electron chi connectivity index (χ0n) is 13.0. The standard InChI is InChI=1S/C16H27NO2/c1-11(2)13(10-17-4)8-15-12(3)7-14(18-5)9-16(15)19-6/h7,9,11,13,17H,8,10H2,1-6H3. The molecule has 0 amide bonds. The van der Waals surface area contributed by atoms with Crippen LogP contribution < -0.4 is 14.8 Å². The van der Waals surface area contributed by atoms with Crippen LogP contribution in [-0.2, 0) is 6.42 Å². The fourth-order valence-corrected chi connectivity index (χ4v) is 2.38. The number of aryl methyl sites for hydroxylation is 1. The molecule has 0 aliphatic heterocycles. The summed E-state index contributed by atoms with van der Waals surface area (Å²) in [7, 11) is 5.42. The van der Waals surface area contributed by atoms with Crippen LogP contribution in [0.4, 0.5) is 0 Å². The smallest absolute Gasteiger partial charge is 0.126 e.